The molecule has 4 amide bonds. The van der Waals surface area contributed by atoms with Gasteiger partial charge in [0.2, 0.25) is 17.7 Å². The van der Waals surface area contributed by atoms with Gasteiger partial charge in [0.05, 0.1) is 6.04 Å². The van der Waals surface area contributed by atoms with Crippen molar-refractivity contribution in [3.05, 3.63) is 59.2 Å². The van der Waals surface area contributed by atoms with Gasteiger partial charge in [0.15, 0.2) is 0 Å². The van der Waals surface area contributed by atoms with Gasteiger partial charge in [0.1, 0.15) is 17.6 Å². The Labute approximate surface area is 259 Å². The Kier molecular flexibility index (Phi) is 8.18. The average molecular weight is 607 g/mol. The van der Waals surface area contributed by atoms with Crippen LogP contribution in [0.25, 0.3) is 0 Å². The number of benzene rings is 1. The maximum atomic E-state index is 14.5. The van der Waals surface area contributed by atoms with E-state index in [1.54, 1.807) is 14.7 Å². The van der Waals surface area contributed by atoms with Gasteiger partial charge >= 0.3 is 0 Å². The molecule has 6 rings (SSSR count). The molecular weight excluding hydrogens is 564 g/mol. The minimum Gasteiger partial charge on any atom is -0.335 e. The highest BCUT2D eigenvalue weighted by Gasteiger charge is 2.57. The van der Waals surface area contributed by atoms with Crippen LogP contribution in [-0.2, 0) is 25.6 Å². The maximum Gasteiger partial charge on any atom is 0.253 e. The van der Waals surface area contributed by atoms with Crippen LogP contribution < -0.4 is 0 Å². The number of rotatable bonds is 6. The number of hydrogen-bond donors (Lipinski definition) is 0. The summed E-state index contributed by atoms with van der Waals surface area (Å²) >= 11 is 6.39. The van der Waals surface area contributed by atoms with Gasteiger partial charge in [-0.3, -0.25) is 19.2 Å². The number of carbonyl (C=O) groups is 4. The number of nitrogens with zero attached hydrogens (tertiary/aromatic N) is 4. The first kappa shape index (κ1) is 29.9. The summed E-state index contributed by atoms with van der Waals surface area (Å²) in [5, 5.41) is 0.632. The zero-order chi connectivity index (χ0) is 30.5. The third-order valence-corrected chi connectivity index (χ3v) is 10.9. The van der Waals surface area contributed by atoms with Crippen LogP contribution in [0.5, 0.6) is 0 Å². The normalized spacial score (nSPS) is 32.4. The molecule has 5 heterocycles. The molecule has 1 aromatic rings. The van der Waals surface area contributed by atoms with Gasteiger partial charge in [-0.15, -0.1) is 0 Å². The molecule has 0 aromatic heterocycles. The number of amides is 4. The molecule has 230 valence electrons. The number of likely N-dealkylation sites (tertiary alicyclic amines) is 2. The molecule has 5 aliphatic heterocycles. The Balaban J connectivity index is 1.23. The number of halogens is 1. The molecule has 0 unspecified atom stereocenters. The van der Waals surface area contributed by atoms with Gasteiger partial charge < -0.3 is 19.6 Å². The van der Waals surface area contributed by atoms with Gasteiger partial charge in [-0.2, -0.15) is 0 Å². The first-order chi connectivity index (χ1) is 20.7. The Bertz CT molecular complexity index is 1360. The Morgan fingerprint density at radius 1 is 1.05 bits per heavy atom. The highest BCUT2D eigenvalue weighted by Crippen LogP contribution is 2.43. The van der Waals surface area contributed by atoms with Crippen LogP contribution >= 0.6 is 11.6 Å². The molecule has 3 fully saturated rings. The number of hydrogen-bond acceptors (Lipinski definition) is 4. The maximum absolute atomic E-state index is 14.5. The van der Waals surface area contributed by atoms with Gasteiger partial charge in [-0.1, -0.05) is 68.0 Å². The molecule has 8 nitrogen and oxygen atoms in total. The van der Waals surface area contributed by atoms with Crippen molar-refractivity contribution in [1.29, 1.82) is 0 Å². The summed E-state index contributed by atoms with van der Waals surface area (Å²) in [6.45, 7) is 7.56. The highest BCUT2D eigenvalue weighted by molar-refractivity contribution is 6.31. The molecule has 1 spiro atoms. The third-order valence-electron chi connectivity index (χ3n) is 10.5. The zero-order valence-electron chi connectivity index (χ0n) is 25.5. The number of fused-ring (bicyclic) bond motifs is 2. The van der Waals surface area contributed by atoms with Crippen molar-refractivity contribution in [3.8, 4) is 0 Å². The van der Waals surface area contributed by atoms with E-state index in [9.17, 15) is 19.2 Å². The summed E-state index contributed by atoms with van der Waals surface area (Å²) < 4.78 is 0. The fourth-order valence-electron chi connectivity index (χ4n) is 8.25. The Morgan fingerprint density at radius 3 is 2.58 bits per heavy atom. The average Bonchev–Trinajstić information content (AvgIpc) is 3.73. The second kappa shape index (κ2) is 11.8. The Hall–Kier alpha value is -3.13. The first-order valence-corrected chi connectivity index (χ1v) is 16.5. The van der Waals surface area contributed by atoms with Crippen LogP contribution in [0.4, 0.5) is 0 Å². The van der Waals surface area contributed by atoms with Crippen molar-refractivity contribution in [2.75, 3.05) is 19.6 Å². The molecule has 3 saturated heterocycles. The summed E-state index contributed by atoms with van der Waals surface area (Å²) in [6, 6.07) is 6.25. The first-order valence-electron chi connectivity index (χ1n) is 16.1. The van der Waals surface area contributed by atoms with Crippen molar-refractivity contribution in [2.24, 2.45) is 11.8 Å². The summed E-state index contributed by atoms with van der Waals surface area (Å²) in [5.41, 5.74) is -0.166. The molecule has 0 aliphatic carbocycles. The highest BCUT2D eigenvalue weighted by atomic mass is 35.5. The monoisotopic (exact) mass is 606 g/mol. The van der Waals surface area contributed by atoms with E-state index in [-0.39, 0.29) is 47.5 Å². The molecule has 1 aromatic carbocycles. The van der Waals surface area contributed by atoms with E-state index in [2.05, 4.69) is 19.1 Å². The van der Waals surface area contributed by atoms with Crippen LogP contribution in [0, 0.1) is 11.8 Å². The predicted octanol–water partition coefficient (Wildman–Crippen LogP) is 4.22. The van der Waals surface area contributed by atoms with E-state index in [4.69, 9.17) is 11.6 Å². The molecule has 43 heavy (non-hydrogen) atoms. The van der Waals surface area contributed by atoms with Crippen molar-refractivity contribution >= 4 is 35.2 Å². The Morgan fingerprint density at radius 2 is 1.84 bits per heavy atom. The van der Waals surface area contributed by atoms with E-state index >= 15 is 0 Å². The van der Waals surface area contributed by atoms with Crippen LogP contribution in [0.3, 0.4) is 0 Å². The van der Waals surface area contributed by atoms with Crippen LogP contribution in [0.2, 0.25) is 5.02 Å². The van der Waals surface area contributed by atoms with Crippen molar-refractivity contribution in [3.63, 3.8) is 0 Å². The molecule has 7 atom stereocenters. The summed E-state index contributed by atoms with van der Waals surface area (Å²) in [5.74, 6) is -0.718. The molecular formula is C34H43ClN4O4. The van der Waals surface area contributed by atoms with Crippen molar-refractivity contribution < 1.29 is 19.2 Å². The van der Waals surface area contributed by atoms with Crippen LogP contribution in [0.1, 0.15) is 64.9 Å². The zero-order valence-corrected chi connectivity index (χ0v) is 26.2. The molecule has 0 radical (unpaired) electrons. The number of likely N-dealkylation sites (N-methyl/N-ethyl adjacent to an activating group) is 1. The van der Waals surface area contributed by atoms with E-state index in [0.717, 1.165) is 24.8 Å². The molecule has 0 N–H and O–H groups in total. The largest absolute Gasteiger partial charge is 0.335 e. The summed E-state index contributed by atoms with van der Waals surface area (Å²) in [4.78, 5) is 63.6. The third kappa shape index (κ3) is 4.90. The van der Waals surface area contributed by atoms with E-state index in [1.807, 2.05) is 55.2 Å². The lowest BCUT2D eigenvalue weighted by molar-refractivity contribution is -0.157. The van der Waals surface area contributed by atoms with Gasteiger partial charge in [-0.05, 0) is 63.5 Å². The van der Waals surface area contributed by atoms with Crippen molar-refractivity contribution in [2.45, 2.75) is 95.4 Å². The quantitative estimate of drug-likeness (QED) is 0.454. The second-order valence-corrected chi connectivity index (χ2v) is 13.3. The minimum atomic E-state index is -1.08. The minimum absolute atomic E-state index is 0.00570. The lowest BCUT2D eigenvalue weighted by atomic mass is 9.87. The lowest BCUT2D eigenvalue weighted by Crippen LogP contribution is -2.64. The fraction of sp³-hybridized carbons (Fsp3) is 0.588. The fourth-order valence-corrected chi connectivity index (χ4v) is 8.46. The van der Waals surface area contributed by atoms with E-state index in [1.165, 1.54) is 0 Å². The van der Waals surface area contributed by atoms with Gasteiger partial charge in [-0.25, -0.2) is 0 Å². The smallest absolute Gasteiger partial charge is 0.253 e. The molecule has 9 heteroatoms. The lowest BCUT2D eigenvalue weighted by Gasteiger charge is -2.45. The van der Waals surface area contributed by atoms with Crippen LogP contribution in [0.15, 0.2) is 48.6 Å². The number of carbonyl (C=O) groups excluding carboxylic acids is 4. The standard InChI is InChI=1S/C34H43ClN4O4/c1-4-25-12-11-23-16-20-37(29(23)32(42)36(25)5-2)31(41)28-14-13-26-15-18-34(33(43)39(26)28)17-8-19-38(34)30(40)22(3)21-24-9-6-7-10-27(24)35/h6-7,9-12,15,18,22-23,25-26,28-29H,4-5,8,13-14,16-17,19-21H2,1-3H3/t22-,23-,25+,26-,28-,29-,34+/m0/s1. The second-order valence-electron chi connectivity index (χ2n) is 12.9. The van der Waals surface area contributed by atoms with Gasteiger partial charge in [0, 0.05) is 42.5 Å². The van der Waals surface area contributed by atoms with Crippen LogP contribution in [-0.4, -0.2) is 92.6 Å². The summed E-state index contributed by atoms with van der Waals surface area (Å²) in [6.07, 6.45) is 12.8. The van der Waals surface area contributed by atoms with E-state index < -0.39 is 17.6 Å². The predicted molar refractivity (Wildman–Crippen MR) is 165 cm³/mol. The molecule has 0 saturated carbocycles. The molecule has 5 aliphatic rings. The SMILES string of the molecule is CC[C@@H]1C=C[C@H]2CCN(C(=O)[C@@H]3CC[C@H]4C=C[C@]5(CCCN5C(=O)[C@@H](C)Cc5ccccc5Cl)C(=O)N43)[C@@H]2C(=O)N1CC. The molecule has 0 bridgehead atoms. The van der Waals surface area contributed by atoms with Gasteiger partial charge in [0.25, 0.3) is 5.91 Å². The van der Waals surface area contributed by atoms with Crippen molar-refractivity contribution in [1.82, 2.24) is 19.6 Å². The topological polar surface area (TPSA) is 81.2 Å². The summed E-state index contributed by atoms with van der Waals surface area (Å²) in [7, 11) is 0. The van der Waals surface area contributed by atoms with E-state index in [0.29, 0.717) is 50.3 Å².